The van der Waals surface area contributed by atoms with Crippen LogP contribution in [0, 0.1) is 0 Å². The lowest BCUT2D eigenvalue weighted by Gasteiger charge is -2.00. The van der Waals surface area contributed by atoms with Gasteiger partial charge in [-0.1, -0.05) is 18.7 Å². The molecule has 2 nitrogen and oxygen atoms in total. The summed E-state index contributed by atoms with van der Waals surface area (Å²) in [6.45, 7) is 3.72. The van der Waals surface area contributed by atoms with E-state index in [0.717, 1.165) is 16.5 Å². The monoisotopic (exact) mass is 158 g/mol. The summed E-state index contributed by atoms with van der Waals surface area (Å²) in [5, 5.41) is 1.13. The fraction of sp³-hybridized carbons (Fsp3) is 0. The molecule has 0 fully saturated rings. The van der Waals surface area contributed by atoms with Gasteiger partial charge in [0.2, 0.25) is 0 Å². The van der Waals surface area contributed by atoms with Gasteiger partial charge >= 0.3 is 0 Å². The van der Waals surface area contributed by atoms with Crippen molar-refractivity contribution in [3.8, 4) is 0 Å². The van der Waals surface area contributed by atoms with Gasteiger partial charge in [-0.15, -0.1) is 0 Å². The van der Waals surface area contributed by atoms with Gasteiger partial charge in [-0.25, -0.2) is 0 Å². The highest BCUT2D eigenvalue weighted by Gasteiger charge is 2.00. The van der Waals surface area contributed by atoms with Crippen LogP contribution in [0.25, 0.3) is 16.6 Å². The van der Waals surface area contributed by atoms with E-state index in [1.165, 1.54) is 0 Å². The molecular formula is C10H10N2. The number of hydrogen-bond donors (Lipinski definition) is 2. The molecule has 0 spiro atoms. The third kappa shape index (κ3) is 0.889. The highest BCUT2D eigenvalue weighted by molar-refractivity contribution is 5.90. The number of nitrogens with one attached hydrogen (secondary N) is 1. The van der Waals surface area contributed by atoms with E-state index in [-0.39, 0.29) is 0 Å². The van der Waals surface area contributed by atoms with Crippen molar-refractivity contribution in [2.24, 2.45) is 5.73 Å². The Bertz CT molecular complexity index is 426. The van der Waals surface area contributed by atoms with Gasteiger partial charge in [0.15, 0.2) is 0 Å². The summed E-state index contributed by atoms with van der Waals surface area (Å²) < 4.78 is 0. The maximum absolute atomic E-state index is 5.63. The van der Waals surface area contributed by atoms with Crippen LogP contribution >= 0.6 is 0 Å². The zero-order chi connectivity index (χ0) is 8.55. The molecule has 3 N–H and O–H groups in total. The third-order valence-corrected chi connectivity index (χ3v) is 1.94. The topological polar surface area (TPSA) is 41.8 Å². The molecule has 2 aromatic rings. The second-order valence-electron chi connectivity index (χ2n) is 2.77. The van der Waals surface area contributed by atoms with E-state index in [9.17, 15) is 0 Å². The minimum atomic E-state index is 0.611. The highest BCUT2D eigenvalue weighted by Crippen LogP contribution is 2.20. The van der Waals surface area contributed by atoms with Gasteiger partial charge in [0.25, 0.3) is 0 Å². The van der Waals surface area contributed by atoms with E-state index in [1.807, 2.05) is 30.5 Å². The fourth-order valence-corrected chi connectivity index (χ4v) is 1.37. The Balaban J connectivity index is 2.82. The number of nitrogens with two attached hydrogens (primary N) is 1. The summed E-state index contributed by atoms with van der Waals surface area (Å²) in [5.41, 5.74) is 8.35. The number of aromatic amines is 1. The Morgan fingerprint density at radius 1 is 1.33 bits per heavy atom. The van der Waals surface area contributed by atoms with Crippen molar-refractivity contribution < 1.29 is 0 Å². The molecule has 0 unspecified atom stereocenters. The predicted molar refractivity (Wildman–Crippen MR) is 51.5 cm³/mol. The lowest BCUT2D eigenvalue weighted by atomic mass is 10.1. The molecule has 12 heavy (non-hydrogen) atoms. The van der Waals surface area contributed by atoms with Crippen LogP contribution in [0.15, 0.2) is 37.0 Å². The first-order chi connectivity index (χ1) is 5.79. The van der Waals surface area contributed by atoms with Gasteiger partial charge < -0.3 is 10.7 Å². The number of rotatable bonds is 1. The lowest BCUT2D eigenvalue weighted by Crippen LogP contribution is -1.93. The van der Waals surface area contributed by atoms with Crippen molar-refractivity contribution in [3.63, 3.8) is 0 Å². The summed E-state index contributed by atoms with van der Waals surface area (Å²) >= 11 is 0. The SMILES string of the molecule is C=C(N)c1cccc2[nH]ccc12. The van der Waals surface area contributed by atoms with Crippen molar-refractivity contribution in [1.29, 1.82) is 0 Å². The Morgan fingerprint density at radius 3 is 2.92 bits per heavy atom. The van der Waals surface area contributed by atoms with Crippen LogP contribution in [0.3, 0.4) is 0 Å². The number of benzene rings is 1. The van der Waals surface area contributed by atoms with Crippen LogP contribution in [0.2, 0.25) is 0 Å². The molecule has 1 aromatic heterocycles. The highest BCUT2D eigenvalue weighted by atomic mass is 14.7. The first-order valence-electron chi connectivity index (χ1n) is 3.80. The van der Waals surface area contributed by atoms with Crippen LogP contribution in [-0.2, 0) is 0 Å². The number of fused-ring (bicyclic) bond motifs is 1. The van der Waals surface area contributed by atoms with Crippen molar-refractivity contribution in [3.05, 3.63) is 42.6 Å². The Hall–Kier alpha value is -1.70. The molecule has 0 aliphatic carbocycles. The van der Waals surface area contributed by atoms with E-state index in [0.29, 0.717) is 5.70 Å². The summed E-state index contributed by atoms with van der Waals surface area (Å²) in [4.78, 5) is 3.12. The summed E-state index contributed by atoms with van der Waals surface area (Å²) in [7, 11) is 0. The van der Waals surface area contributed by atoms with Crippen molar-refractivity contribution >= 4 is 16.6 Å². The summed E-state index contributed by atoms with van der Waals surface area (Å²) in [5.74, 6) is 0. The Morgan fingerprint density at radius 2 is 2.17 bits per heavy atom. The molecule has 0 bridgehead atoms. The maximum Gasteiger partial charge on any atom is 0.0460 e. The molecule has 2 rings (SSSR count). The van der Waals surface area contributed by atoms with Crippen LogP contribution in [0.1, 0.15) is 5.56 Å². The second kappa shape index (κ2) is 2.41. The van der Waals surface area contributed by atoms with E-state index >= 15 is 0 Å². The molecule has 0 atom stereocenters. The van der Waals surface area contributed by atoms with Crippen LogP contribution in [-0.4, -0.2) is 4.98 Å². The van der Waals surface area contributed by atoms with Gasteiger partial charge in [-0.05, 0) is 12.1 Å². The Labute approximate surface area is 70.7 Å². The minimum Gasteiger partial charge on any atom is -0.399 e. The summed E-state index contributed by atoms with van der Waals surface area (Å²) in [6, 6.07) is 7.95. The van der Waals surface area contributed by atoms with Crippen LogP contribution in [0.5, 0.6) is 0 Å². The molecule has 0 amide bonds. The van der Waals surface area contributed by atoms with Crippen LogP contribution in [0.4, 0.5) is 0 Å². The zero-order valence-corrected chi connectivity index (χ0v) is 6.67. The predicted octanol–water partition coefficient (Wildman–Crippen LogP) is 2.10. The van der Waals surface area contributed by atoms with E-state index < -0.39 is 0 Å². The van der Waals surface area contributed by atoms with Gasteiger partial charge in [0.05, 0.1) is 0 Å². The largest absolute Gasteiger partial charge is 0.399 e. The molecular weight excluding hydrogens is 148 g/mol. The Kier molecular flexibility index (Phi) is 1.40. The molecule has 0 radical (unpaired) electrons. The average Bonchev–Trinajstić information content (AvgIpc) is 2.49. The van der Waals surface area contributed by atoms with Gasteiger partial charge in [-0.2, -0.15) is 0 Å². The molecule has 1 heterocycles. The maximum atomic E-state index is 5.63. The average molecular weight is 158 g/mol. The lowest BCUT2D eigenvalue weighted by molar-refractivity contribution is 1.47. The first kappa shape index (κ1) is 6.98. The molecule has 0 aliphatic rings. The van der Waals surface area contributed by atoms with E-state index in [4.69, 9.17) is 5.73 Å². The van der Waals surface area contributed by atoms with Crippen molar-refractivity contribution in [2.75, 3.05) is 0 Å². The molecule has 2 heteroatoms. The van der Waals surface area contributed by atoms with Crippen molar-refractivity contribution in [2.45, 2.75) is 0 Å². The van der Waals surface area contributed by atoms with E-state index in [2.05, 4.69) is 11.6 Å². The molecule has 0 aliphatic heterocycles. The quantitative estimate of drug-likeness (QED) is 0.655. The molecule has 1 aromatic carbocycles. The fourth-order valence-electron chi connectivity index (χ4n) is 1.37. The zero-order valence-electron chi connectivity index (χ0n) is 6.67. The normalized spacial score (nSPS) is 10.3. The smallest absolute Gasteiger partial charge is 0.0460 e. The van der Waals surface area contributed by atoms with Gasteiger partial charge in [0.1, 0.15) is 0 Å². The van der Waals surface area contributed by atoms with Crippen LogP contribution < -0.4 is 5.73 Å². The molecule has 60 valence electrons. The number of H-pyrrole nitrogens is 1. The summed E-state index contributed by atoms with van der Waals surface area (Å²) in [6.07, 6.45) is 1.90. The van der Waals surface area contributed by atoms with Gasteiger partial charge in [0, 0.05) is 28.4 Å². The van der Waals surface area contributed by atoms with Crippen molar-refractivity contribution in [1.82, 2.24) is 4.98 Å². The molecule has 0 saturated heterocycles. The molecule has 0 saturated carbocycles. The van der Waals surface area contributed by atoms with Gasteiger partial charge in [-0.3, -0.25) is 0 Å². The number of aromatic nitrogens is 1. The minimum absolute atomic E-state index is 0.611. The standard InChI is InChI=1S/C10H10N2/c1-7(11)8-3-2-4-10-9(8)5-6-12-10/h2-6,12H,1,11H2. The third-order valence-electron chi connectivity index (χ3n) is 1.94. The second-order valence-corrected chi connectivity index (χ2v) is 2.77. The number of hydrogen-bond acceptors (Lipinski definition) is 1. The van der Waals surface area contributed by atoms with E-state index in [1.54, 1.807) is 0 Å². The first-order valence-corrected chi connectivity index (χ1v) is 3.80.